The second-order valence-corrected chi connectivity index (χ2v) is 33.0. The normalized spacial score (nSPS) is 15.6. The molecule has 6 heterocycles. The van der Waals surface area contributed by atoms with E-state index in [0.717, 1.165) is 92.1 Å². The Balaban J connectivity index is 0.000000261. The van der Waals surface area contributed by atoms with Gasteiger partial charge in [0.25, 0.3) is 41.9 Å². The van der Waals surface area contributed by atoms with Crippen LogP contribution < -0.4 is 49.0 Å². The van der Waals surface area contributed by atoms with Crippen LogP contribution in [0.15, 0.2) is 220 Å². The van der Waals surface area contributed by atoms with E-state index in [1.54, 1.807) is 66.9 Å². The number of carbonyl (C=O) groups is 4. The molecule has 0 saturated carbocycles. The van der Waals surface area contributed by atoms with Crippen molar-refractivity contribution < 1.29 is 61.0 Å². The topological polar surface area (TPSA) is 313 Å². The highest BCUT2D eigenvalue weighted by Crippen LogP contribution is 2.33. The van der Waals surface area contributed by atoms with Crippen molar-refractivity contribution >= 4 is 122 Å². The molecule has 4 amide bonds. The van der Waals surface area contributed by atoms with E-state index in [-0.39, 0.29) is 75.3 Å². The van der Waals surface area contributed by atoms with Crippen LogP contribution in [0.2, 0.25) is 10.0 Å². The molecule has 26 nitrogen and oxygen atoms in total. The van der Waals surface area contributed by atoms with E-state index in [9.17, 15) is 44.4 Å². The third-order valence-corrected chi connectivity index (χ3v) is 23.8. The zero-order valence-electron chi connectivity index (χ0n) is 60.4. The van der Waals surface area contributed by atoms with Crippen molar-refractivity contribution in [1.29, 1.82) is 0 Å². The van der Waals surface area contributed by atoms with E-state index in [0.29, 0.717) is 60.8 Å². The van der Waals surface area contributed by atoms with Crippen LogP contribution in [0, 0.1) is 6.92 Å². The van der Waals surface area contributed by atoms with E-state index in [1.807, 2.05) is 84.1 Å². The molecule has 13 rings (SSSR count). The van der Waals surface area contributed by atoms with Gasteiger partial charge in [0.1, 0.15) is 42.8 Å². The van der Waals surface area contributed by atoms with Gasteiger partial charge in [-0.15, -0.1) is 11.3 Å². The summed E-state index contributed by atoms with van der Waals surface area (Å²) in [5, 5.41) is 3.24. The van der Waals surface area contributed by atoms with Crippen LogP contribution in [0.25, 0.3) is 0 Å². The minimum absolute atomic E-state index is 0. The highest BCUT2D eigenvalue weighted by atomic mass is 35.5. The molecule has 109 heavy (non-hydrogen) atoms. The molecule has 0 spiro atoms. The Labute approximate surface area is 656 Å². The van der Waals surface area contributed by atoms with Crippen molar-refractivity contribution in [2.24, 2.45) is 5.73 Å². The molecule has 7 aromatic carbocycles. The van der Waals surface area contributed by atoms with Gasteiger partial charge < -0.3 is 44.6 Å². The number of fused-ring (bicyclic) bond motifs is 1. The monoisotopic (exact) mass is 1600 g/mol. The molecule has 4 aliphatic rings. The quantitative estimate of drug-likeness (QED) is 0.0458. The van der Waals surface area contributed by atoms with E-state index in [2.05, 4.69) is 68.3 Å². The van der Waals surface area contributed by atoms with Crippen LogP contribution in [0.5, 0.6) is 11.5 Å². The number of nitrogens with two attached hydrogens (primary N) is 1. The molecular formula is C77H94Cl2N14O12S4. The lowest BCUT2D eigenvalue weighted by atomic mass is 10.00. The fourth-order valence-electron chi connectivity index (χ4n) is 12.8. The number of aryl methyl sites for hydroxylation is 2. The lowest BCUT2D eigenvalue weighted by Crippen LogP contribution is -2.55. The minimum Gasteiger partial charge on any atom is -0.489 e. The van der Waals surface area contributed by atoms with Crippen molar-refractivity contribution in [2.45, 2.75) is 80.5 Å². The Morgan fingerprint density at radius 3 is 1.85 bits per heavy atom. The average molecular weight is 1610 g/mol. The first kappa shape index (κ1) is 79.7. The molecule has 2 aromatic heterocycles. The molecular weight excluding hydrogens is 1510 g/mol. The molecule has 5 N–H and O–H groups in total. The SMILES string of the molecule is CC(N)=CC(=O)NS(=O)(=O)c1ccc(N2CCN(C(=O)[C@@H](C)N3CCCc4cc(Cl)ccc43)CC2)cc1.Cc1cc(Cl)ccc1O[C@@H](C)C(=O)N1CCN(c2ccc(S(=O)(=O)Nc3nccs3)cc2)C(=O)C1.O=S(=O)(Nc1ccncn1)c1ccc(N2CCN(Cc3cccc(OCc4ccccc4)c3)CC2)cc1.[HH].[HH].[HH].[HH].[HH]. The Hall–Kier alpha value is -10.3. The number of hydrogen-bond donors (Lipinski definition) is 4. The van der Waals surface area contributed by atoms with Gasteiger partial charge in [-0.25, -0.2) is 44.9 Å². The number of rotatable bonds is 22. The van der Waals surface area contributed by atoms with Gasteiger partial charge in [0.2, 0.25) is 11.8 Å². The molecule has 4 aliphatic heterocycles. The van der Waals surface area contributed by atoms with E-state index in [1.165, 1.54) is 88.2 Å². The smallest absolute Gasteiger partial charge is 0.264 e. The predicted molar refractivity (Wildman–Crippen MR) is 434 cm³/mol. The van der Waals surface area contributed by atoms with Crippen LogP contribution in [0.3, 0.4) is 0 Å². The molecule has 3 fully saturated rings. The van der Waals surface area contributed by atoms with Crippen LogP contribution in [-0.4, -0.2) is 169 Å². The van der Waals surface area contributed by atoms with Crippen molar-refractivity contribution in [3.8, 4) is 11.5 Å². The van der Waals surface area contributed by atoms with Crippen LogP contribution >= 0.6 is 34.5 Å². The van der Waals surface area contributed by atoms with Crippen LogP contribution in [-0.2, 0) is 68.8 Å². The zero-order chi connectivity index (χ0) is 77.4. The molecule has 2 atom stereocenters. The largest absolute Gasteiger partial charge is 0.489 e. The van der Waals surface area contributed by atoms with E-state index < -0.39 is 42.1 Å². The number of allylic oxidation sites excluding steroid dienone is 1. The number of amides is 4. The lowest BCUT2D eigenvalue weighted by Gasteiger charge is -2.41. The second-order valence-electron chi connectivity index (χ2n) is 26.2. The van der Waals surface area contributed by atoms with Gasteiger partial charge in [0.15, 0.2) is 11.2 Å². The second kappa shape index (κ2) is 36.2. The van der Waals surface area contributed by atoms with Gasteiger partial charge in [-0.2, -0.15) is 0 Å². The third-order valence-electron chi connectivity index (χ3n) is 18.4. The number of ether oxygens (including phenoxy) is 2. The highest BCUT2D eigenvalue weighted by molar-refractivity contribution is 7.93. The van der Waals surface area contributed by atoms with Crippen molar-refractivity contribution in [1.82, 2.24) is 34.4 Å². The number of anilines is 6. The molecule has 0 bridgehead atoms. The molecule has 0 aliphatic carbocycles. The van der Waals surface area contributed by atoms with Crippen molar-refractivity contribution in [3.63, 3.8) is 0 Å². The summed E-state index contributed by atoms with van der Waals surface area (Å²) in [6.45, 7) is 15.7. The van der Waals surface area contributed by atoms with Gasteiger partial charge in [-0.1, -0.05) is 65.7 Å². The molecule has 32 heteroatoms. The number of carbonyl (C=O) groups excluding carboxylic acids is 4. The number of sulfonamides is 3. The maximum absolute atomic E-state index is 13.4. The molecule has 3 saturated heterocycles. The molecule has 0 unspecified atom stereocenters. The third kappa shape index (κ3) is 21.5. The first-order valence-corrected chi connectivity index (χ1v) is 41.2. The standard InChI is InChI=1S/C28H29N5O3S.C26H32ClN5O4S.C23H23ClN4O5S2.5H2/c34-37(35,31-28-13-14-29-22-30-28)27-11-9-25(10-12-27)33-17-15-32(16-18-33)20-24-7-4-8-26(19-24)36-21-23-5-2-1-3-6-23;1-18(28)16-25(33)29-37(35,36)23-8-6-22(7-9-23)30-12-14-31(15-13-30)26(34)19(2)32-11-3-4-20-17-21(27)5-10-24(20)32;1-15-13-17(24)3-8-20(15)33-16(2)22(30)27-10-11-28(21(29)14-27)18-4-6-19(7-5-18)35(31,32)26-23-25-9-12-34-23;;;;;/h1-14,19,22H,15-18,20-21H2,(H,29,30,31);5-10,16-17,19H,3-4,11-15,28H2,1-2H3,(H,29,33);3-9,12-13,16H,10-11,14H2,1-2H3,(H,25,26);5*1H/t;19-;16-;;;;;/m.10...../s1. The van der Waals surface area contributed by atoms with Gasteiger partial charge in [-0.3, -0.25) is 33.5 Å². The number of hydrogen-bond acceptors (Lipinski definition) is 21. The molecule has 0 radical (unpaired) electrons. The summed E-state index contributed by atoms with van der Waals surface area (Å²) in [5.41, 5.74) is 13.5. The summed E-state index contributed by atoms with van der Waals surface area (Å²) in [7, 11) is -11.5. The summed E-state index contributed by atoms with van der Waals surface area (Å²) in [6, 6.07) is 50.0. The molecule has 9 aromatic rings. The number of aromatic nitrogens is 3. The zero-order valence-corrected chi connectivity index (χ0v) is 65.1. The maximum atomic E-state index is 13.4. The summed E-state index contributed by atoms with van der Waals surface area (Å²) >= 11 is 13.3. The van der Waals surface area contributed by atoms with Gasteiger partial charge >= 0.3 is 0 Å². The summed E-state index contributed by atoms with van der Waals surface area (Å²) in [6.07, 6.45) is 6.49. The number of benzene rings is 7. The lowest BCUT2D eigenvalue weighted by molar-refractivity contribution is -0.142. The Morgan fingerprint density at radius 1 is 0.633 bits per heavy atom. The van der Waals surface area contributed by atoms with Crippen LogP contribution in [0.4, 0.5) is 33.7 Å². The van der Waals surface area contributed by atoms with E-state index >= 15 is 0 Å². The van der Waals surface area contributed by atoms with Gasteiger partial charge in [0.05, 0.1) is 14.7 Å². The number of nitrogens with one attached hydrogen (secondary N) is 3. The fourth-order valence-corrected chi connectivity index (χ4v) is 16.9. The predicted octanol–water partition coefficient (Wildman–Crippen LogP) is 11.5. The Morgan fingerprint density at radius 2 is 1.24 bits per heavy atom. The van der Waals surface area contributed by atoms with Crippen molar-refractivity contribution in [2.75, 3.05) is 108 Å². The Kier molecular flexibility index (Phi) is 26.5. The summed E-state index contributed by atoms with van der Waals surface area (Å²) < 4.78 is 93.9. The summed E-state index contributed by atoms with van der Waals surface area (Å²) in [4.78, 5) is 76.6. The average Bonchev–Trinajstić information content (AvgIpc) is 0.934. The van der Waals surface area contributed by atoms with Gasteiger partial charge in [-0.05, 0) is 190 Å². The minimum atomic E-state index is -4.00. The maximum Gasteiger partial charge on any atom is 0.264 e. The number of nitrogens with zero attached hydrogens (tertiary/aromatic N) is 10. The molecule has 582 valence electrons. The number of halogens is 2. The van der Waals surface area contributed by atoms with Crippen molar-refractivity contribution in [3.05, 3.63) is 238 Å². The Bertz CT molecular complexity index is 5050. The summed E-state index contributed by atoms with van der Waals surface area (Å²) in [5.74, 6) is 0.419. The van der Waals surface area contributed by atoms with Crippen LogP contribution in [0.1, 0.15) is 56.6 Å². The fraction of sp³-hybridized carbons (Fsp3) is 0.286. The van der Waals surface area contributed by atoms with E-state index in [4.69, 9.17) is 38.4 Å². The number of piperazine rings is 3. The first-order valence-electron chi connectivity index (χ1n) is 35.1. The van der Waals surface area contributed by atoms with Gasteiger partial charge in [0, 0.05) is 148 Å². The first-order chi connectivity index (χ1) is 52.2. The number of thiazole rings is 1. The highest BCUT2D eigenvalue weighted by Gasteiger charge is 2.34.